The van der Waals surface area contributed by atoms with Crippen LogP contribution in [-0.2, 0) is 21.0 Å². The van der Waals surface area contributed by atoms with Crippen molar-refractivity contribution in [2.45, 2.75) is 78.0 Å². The average Bonchev–Trinajstić information content (AvgIpc) is 2.84. The maximum atomic E-state index is 12.3. The Bertz CT molecular complexity index is 1010. The van der Waals surface area contributed by atoms with Crippen LogP contribution in [0.1, 0.15) is 65.2 Å². The molecule has 0 amide bonds. The fraction of sp³-hybridized carbons (Fsp3) is 0.382. The summed E-state index contributed by atoms with van der Waals surface area (Å²) in [4.78, 5) is 12.3. The molecule has 0 heterocycles. The molecule has 0 fully saturated rings. The first-order chi connectivity index (χ1) is 16.9. The molecular weight excluding hydrogens is 543 g/mol. The van der Waals surface area contributed by atoms with Gasteiger partial charge in [-0.15, -0.1) is 0 Å². The van der Waals surface area contributed by atoms with Crippen LogP contribution in [-0.4, -0.2) is 24.2 Å². The molecule has 0 spiro atoms. The van der Waals surface area contributed by atoms with Crippen molar-refractivity contribution in [1.29, 1.82) is 0 Å². The molecule has 0 radical (unpaired) electrons. The van der Waals surface area contributed by atoms with Crippen molar-refractivity contribution in [1.82, 2.24) is 0 Å². The Morgan fingerprint density at radius 3 is 1.11 bits per heavy atom. The second-order valence-electron chi connectivity index (χ2n) is 12.6. The van der Waals surface area contributed by atoms with Gasteiger partial charge in [0.1, 0.15) is 0 Å². The van der Waals surface area contributed by atoms with E-state index < -0.39 is 18.4 Å². The molecule has 1 nitrogen and oxygen atoms in total. The Morgan fingerprint density at radius 1 is 0.583 bits per heavy atom. The zero-order valence-corrected chi connectivity index (χ0v) is 26.2. The predicted molar refractivity (Wildman–Crippen MR) is 158 cm³/mol. The van der Waals surface area contributed by atoms with Crippen LogP contribution in [0.25, 0.3) is 0 Å². The summed E-state index contributed by atoms with van der Waals surface area (Å²) in [5, 5.41) is 0. The topological polar surface area (TPSA) is 17.1 Å². The van der Waals surface area contributed by atoms with Crippen molar-refractivity contribution in [2.75, 3.05) is 0 Å². The third kappa shape index (κ3) is 7.44. The predicted octanol–water partition coefficient (Wildman–Crippen LogP) is 9.05. The van der Waals surface area contributed by atoms with E-state index in [1.54, 1.807) is 6.92 Å². The molecule has 0 aromatic heterocycles. The molecule has 0 aliphatic rings. The average molecular weight is 587 g/mol. The van der Waals surface area contributed by atoms with E-state index in [2.05, 4.69) is 137 Å². The van der Waals surface area contributed by atoms with Gasteiger partial charge < -0.3 is 0 Å². The van der Waals surface area contributed by atoms with Crippen molar-refractivity contribution < 1.29 is 4.79 Å². The number of carbonyl (C=O) groups excluding carboxylic acids is 1. The standard InChI is InChI=1S/3C10H13.C4H5O.Sn/c3*1-10(2,3)9-7-5-4-6-8-9;1-3-4(2)5;/h3*4-8H,1H2,2-3H3;1,3H,2H3;. The zero-order valence-electron chi connectivity index (χ0n) is 23.3. The normalized spacial score (nSPS) is 13.2. The van der Waals surface area contributed by atoms with Gasteiger partial charge in [0.15, 0.2) is 0 Å². The Labute approximate surface area is 223 Å². The first-order valence-corrected chi connectivity index (χ1v) is 20.9. The van der Waals surface area contributed by atoms with Gasteiger partial charge in [0.05, 0.1) is 0 Å². The Balaban J connectivity index is 2.16. The van der Waals surface area contributed by atoms with Crippen molar-refractivity contribution in [3.05, 3.63) is 118 Å². The van der Waals surface area contributed by atoms with E-state index >= 15 is 0 Å². The number of ketones is 1. The van der Waals surface area contributed by atoms with Gasteiger partial charge in [-0.05, 0) is 0 Å². The van der Waals surface area contributed by atoms with Gasteiger partial charge >= 0.3 is 225 Å². The molecule has 0 bridgehead atoms. The van der Waals surface area contributed by atoms with E-state index in [0.29, 0.717) is 0 Å². The van der Waals surface area contributed by atoms with Gasteiger partial charge in [-0.2, -0.15) is 0 Å². The first kappa shape index (κ1) is 28.4. The van der Waals surface area contributed by atoms with Gasteiger partial charge in [-0.3, -0.25) is 0 Å². The number of benzene rings is 3. The molecule has 0 atom stereocenters. The summed E-state index contributed by atoms with van der Waals surface area (Å²) in [6.45, 7) is 16.1. The molecule has 0 aliphatic carbocycles. The van der Waals surface area contributed by atoms with Crippen molar-refractivity contribution in [2.24, 2.45) is 0 Å². The SMILES string of the molecule is CC(=O)/C=[CH]/[Sn]([CH2]C(C)(C)c1ccccc1)([CH2]C(C)(C)c1ccccc1)[CH2]C(C)(C)c1ccccc1. The van der Waals surface area contributed by atoms with E-state index in [0.717, 1.165) is 13.3 Å². The molecule has 36 heavy (non-hydrogen) atoms. The first-order valence-electron chi connectivity index (χ1n) is 13.2. The van der Waals surface area contributed by atoms with Crippen LogP contribution in [0.5, 0.6) is 0 Å². The summed E-state index contributed by atoms with van der Waals surface area (Å²) < 4.78 is 5.93. The molecular formula is C34H44OSn. The molecule has 3 aromatic carbocycles. The summed E-state index contributed by atoms with van der Waals surface area (Å²) in [5.74, 6) is 0.156. The Hall–Kier alpha value is -2.13. The summed E-state index contributed by atoms with van der Waals surface area (Å²) in [6, 6.07) is 32.9. The molecule has 190 valence electrons. The minimum absolute atomic E-state index is 0.0258. The second-order valence-corrected chi connectivity index (χ2v) is 24.3. The van der Waals surface area contributed by atoms with Crippen molar-refractivity contribution in [3.8, 4) is 0 Å². The van der Waals surface area contributed by atoms with Gasteiger partial charge in [-0.1, -0.05) is 0 Å². The van der Waals surface area contributed by atoms with Gasteiger partial charge in [-0.25, -0.2) is 0 Å². The van der Waals surface area contributed by atoms with Crippen LogP contribution in [0.2, 0.25) is 13.3 Å². The molecule has 0 saturated heterocycles. The Morgan fingerprint density at radius 2 is 0.861 bits per heavy atom. The molecule has 0 N–H and O–H groups in total. The van der Waals surface area contributed by atoms with E-state index in [-0.39, 0.29) is 22.0 Å². The number of rotatable bonds is 11. The van der Waals surface area contributed by atoms with E-state index in [4.69, 9.17) is 0 Å². The van der Waals surface area contributed by atoms with Crippen LogP contribution >= 0.6 is 0 Å². The molecule has 3 aromatic rings. The fourth-order valence-corrected chi connectivity index (χ4v) is 26.9. The van der Waals surface area contributed by atoms with Crippen LogP contribution < -0.4 is 0 Å². The molecule has 2 heteroatoms. The second kappa shape index (κ2) is 11.5. The van der Waals surface area contributed by atoms with E-state index in [9.17, 15) is 4.79 Å². The van der Waals surface area contributed by atoms with Crippen LogP contribution in [0.4, 0.5) is 0 Å². The number of hydrogen-bond donors (Lipinski definition) is 0. The monoisotopic (exact) mass is 588 g/mol. The van der Waals surface area contributed by atoms with Crippen LogP contribution in [0.3, 0.4) is 0 Å². The third-order valence-electron chi connectivity index (χ3n) is 7.72. The summed E-state index contributed by atoms with van der Waals surface area (Å²) in [5.41, 5.74) is 4.24. The van der Waals surface area contributed by atoms with E-state index in [1.165, 1.54) is 16.7 Å². The van der Waals surface area contributed by atoms with Crippen LogP contribution in [0.15, 0.2) is 101 Å². The van der Waals surface area contributed by atoms with Crippen LogP contribution in [0, 0.1) is 0 Å². The van der Waals surface area contributed by atoms with Crippen molar-refractivity contribution in [3.63, 3.8) is 0 Å². The zero-order chi connectivity index (χ0) is 26.5. The number of allylic oxidation sites excluding steroid dienone is 1. The number of hydrogen-bond acceptors (Lipinski definition) is 1. The number of carbonyl (C=O) groups is 1. The molecule has 3 rings (SSSR count). The quantitative estimate of drug-likeness (QED) is 0.162. The third-order valence-corrected chi connectivity index (χ3v) is 23.8. The molecule has 0 aliphatic heterocycles. The van der Waals surface area contributed by atoms with Gasteiger partial charge in [0.25, 0.3) is 0 Å². The summed E-state index contributed by atoms with van der Waals surface area (Å²) in [7, 11) is 0. The summed E-state index contributed by atoms with van der Waals surface area (Å²) in [6.07, 6.45) is 1.92. The fourth-order valence-electron chi connectivity index (χ4n) is 6.27. The molecule has 0 saturated carbocycles. The Kier molecular flexibility index (Phi) is 9.09. The van der Waals surface area contributed by atoms with Gasteiger partial charge in [0, 0.05) is 0 Å². The van der Waals surface area contributed by atoms with E-state index in [1.807, 2.05) is 6.08 Å². The van der Waals surface area contributed by atoms with Gasteiger partial charge in [0.2, 0.25) is 0 Å². The maximum absolute atomic E-state index is 12.3. The summed E-state index contributed by atoms with van der Waals surface area (Å²) >= 11 is -3.24. The minimum atomic E-state index is -3.24. The molecule has 0 unspecified atom stereocenters. The van der Waals surface area contributed by atoms with Crippen molar-refractivity contribution >= 4 is 24.2 Å².